The van der Waals surface area contributed by atoms with Crippen molar-refractivity contribution in [3.8, 4) is 0 Å². The van der Waals surface area contributed by atoms with E-state index in [9.17, 15) is 4.39 Å². The summed E-state index contributed by atoms with van der Waals surface area (Å²) < 4.78 is 14.0. The Hall–Kier alpha value is -2.29. The van der Waals surface area contributed by atoms with Crippen LogP contribution in [0.5, 0.6) is 0 Å². The molecule has 0 bridgehead atoms. The Morgan fingerprint density at radius 1 is 0.833 bits per heavy atom. The number of rotatable bonds is 8. The Bertz CT molecular complexity index is 687. The number of benzene rings is 2. The molecule has 0 heterocycles. The van der Waals surface area contributed by atoms with Crippen LogP contribution in [0.3, 0.4) is 0 Å². The molecule has 126 valence electrons. The van der Waals surface area contributed by atoms with Crippen LogP contribution in [0, 0.1) is 5.82 Å². The van der Waals surface area contributed by atoms with Crippen molar-refractivity contribution in [3.63, 3.8) is 0 Å². The molecular weight excluding hydrogens is 299 g/mol. The van der Waals surface area contributed by atoms with Crippen LogP contribution in [0.15, 0.2) is 52.7 Å². The number of halogens is 1. The Labute approximate surface area is 144 Å². The smallest absolute Gasteiger partial charge is 0.132 e. The second kappa shape index (κ2) is 9.76. The maximum absolute atomic E-state index is 14.0. The van der Waals surface area contributed by atoms with Gasteiger partial charge < -0.3 is 0 Å². The largest absolute Gasteiger partial charge is 0.206 e. The summed E-state index contributed by atoms with van der Waals surface area (Å²) in [5.41, 5.74) is 3.80. The fraction of sp³-hybridized carbons (Fsp3) is 0.333. The Balaban J connectivity index is 1.95. The summed E-state index contributed by atoms with van der Waals surface area (Å²) in [5, 5.41) is 7.96. The summed E-state index contributed by atoms with van der Waals surface area (Å²) in [6, 6.07) is 13.6. The highest BCUT2D eigenvalue weighted by atomic mass is 19.1. The van der Waals surface area contributed by atoms with Gasteiger partial charge in [0.2, 0.25) is 0 Å². The molecule has 0 N–H and O–H groups in total. The number of unbranched alkanes of at least 4 members (excludes halogenated alkanes) is 1. The minimum atomic E-state index is -0.244. The molecule has 2 nitrogen and oxygen atoms in total. The van der Waals surface area contributed by atoms with E-state index in [1.54, 1.807) is 18.3 Å². The summed E-state index contributed by atoms with van der Waals surface area (Å²) in [5.74, 6) is -0.244. The van der Waals surface area contributed by atoms with Crippen molar-refractivity contribution >= 4 is 12.4 Å². The maximum atomic E-state index is 14.0. The van der Waals surface area contributed by atoms with Crippen molar-refractivity contribution in [1.82, 2.24) is 0 Å². The molecule has 3 heteroatoms. The van der Waals surface area contributed by atoms with Crippen LogP contribution in [0.2, 0.25) is 0 Å². The highest BCUT2D eigenvalue weighted by molar-refractivity contribution is 5.82. The van der Waals surface area contributed by atoms with Crippen molar-refractivity contribution in [1.29, 1.82) is 0 Å². The SMILES string of the molecule is CCCCc1ccc(/C=N/N=C/c2ccc(CCC)cc2)c(F)c1. The standard InChI is InChI=1S/C21H25FN2/c1-3-5-7-18-12-13-20(21(22)14-18)16-24-23-15-19-10-8-17(6-4-2)9-11-19/h8-16H,3-7H2,1-2H3/b23-15+,24-16+. The van der Waals surface area contributed by atoms with Crippen molar-refractivity contribution in [3.05, 3.63) is 70.5 Å². The number of aryl methyl sites for hydroxylation is 2. The third kappa shape index (κ3) is 5.73. The molecule has 0 aliphatic heterocycles. The van der Waals surface area contributed by atoms with Crippen LogP contribution < -0.4 is 0 Å². The molecule has 0 saturated heterocycles. The van der Waals surface area contributed by atoms with Crippen molar-refractivity contribution in [2.45, 2.75) is 46.0 Å². The second-order valence-corrected chi connectivity index (χ2v) is 5.94. The topological polar surface area (TPSA) is 24.7 Å². The summed E-state index contributed by atoms with van der Waals surface area (Å²) in [7, 11) is 0. The van der Waals surface area contributed by atoms with Gasteiger partial charge in [0.1, 0.15) is 5.82 Å². The van der Waals surface area contributed by atoms with Crippen LogP contribution in [-0.4, -0.2) is 12.4 Å². The van der Waals surface area contributed by atoms with Crippen molar-refractivity contribution in [2.24, 2.45) is 10.2 Å². The highest BCUT2D eigenvalue weighted by Crippen LogP contribution is 2.11. The van der Waals surface area contributed by atoms with Gasteiger partial charge in [-0.15, -0.1) is 0 Å². The third-order valence-corrected chi connectivity index (χ3v) is 3.87. The van der Waals surface area contributed by atoms with E-state index in [0.29, 0.717) is 5.56 Å². The molecule has 0 spiro atoms. The van der Waals surface area contributed by atoms with E-state index in [2.05, 4.69) is 36.2 Å². The molecule has 0 unspecified atom stereocenters. The minimum Gasteiger partial charge on any atom is -0.206 e. The molecule has 0 atom stereocenters. The summed E-state index contributed by atoms with van der Waals surface area (Å²) in [6.07, 6.45) is 8.47. The zero-order chi connectivity index (χ0) is 17.2. The van der Waals surface area contributed by atoms with Gasteiger partial charge in [0.05, 0.1) is 12.4 Å². The number of hydrogen-bond acceptors (Lipinski definition) is 2. The van der Waals surface area contributed by atoms with Crippen LogP contribution in [-0.2, 0) is 12.8 Å². The lowest BCUT2D eigenvalue weighted by molar-refractivity contribution is 0.622. The summed E-state index contributed by atoms with van der Waals surface area (Å²) >= 11 is 0. The van der Waals surface area contributed by atoms with Crippen LogP contribution >= 0.6 is 0 Å². The molecule has 24 heavy (non-hydrogen) atoms. The molecule has 2 aromatic rings. The third-order valence-electron chi connectivity index (χ3n) is 3.87. The molecule has 0 radical (unpaired) electrons. The normalized spacial score (nSPS) is 11.6. The molecule has 0 saturated carbocycles. The van der Waals surface area contributed by atoms with Crippen molar-refractivity contribution < 1.29 is 4.39 Å². The Morgan fingerprint density at radius 3 is 2.21 bits per heavy atom. The first-order valence-corrected chi connectivity index (χ1v) is 8.66. The van der Waals surface area contributed by atoms with E-state index in [1.807, 2.05) is 18.2 Å². The molecule has 0 aliphatic rings. The van der Waals surface area contributed by atoms with Gasteiger partial charge in [0.25, 0.3) is 0 Å². The zero-order valence-corrected chi connectivity index (χ0v) is 14.5. The van der Waals surface area contributed by atoms with E-state index < -0.39 is 0 Å². The van der Waals surface area contributed by atoms with Crippen LogP contribution in [0.1, 0.15) is 55.4 Å². The number of nitrogens with zero attached hydrogens (tertiary/aromatic N) is 2. The number of hydrogen-bond donors (Lipinski definition) is 0. The second-order valence-electron chi connectivity index (χ2n) is 5.94. The Kier molecular flexibility index (Phi) is 7.34. The molecule has 2 aromatic carbocycles. The van der Waals surface area contributed by atoms with E-state index >= 15 is 0 Å². The minimum absolute atomic E-state index is 0.244. The summed E-state index contributed by atoms with van der Waals surface area (Å²) in [6.45, 7) is 4.30. The van der Waals surface area contributed by atoms with Gasteiger partial charge in [-0.3, -0.25) is 0 Å². The van der Waals surface area contributed by atoms with E-state index in [4.69, 9.17) is 0 Å². The van der Waals surface area contributed by atoms with Crippen molar-refractivity contribution in [2.75, 3.05) is 0 Å². The highest BCUT2D eigenvalue weighted by Gasteiger charge is 2.01. The van der Waals surface area contributed by atoms with Gasteiger partial charge in [0.15, 0.2) is 0 Å². The van der Waals surface area contributed by atoms with Gasteiger partial charge in [-0.25, -0.2) is 4.39 Å². The van der Waals surface area contributed by atoms with Gasteiger partial charge in [-0.05, 0) is 42.0 Å². The van der Waals surface area contributed by atoms with Gasteiger partial charge in [-0.2, -0.15) is 10.2 Å². The van der Waals surface area contributed by atoms with Gasteiger partial charge in [-0.1, -0.05) is 63.1 Å². The lowest BCUT2D eigenvalue weighted by Gasteiger charge is -2.01. The molecule has 0 amide bonds. The first-order valence-electron chi connectivity index (χ1n) is 8.66. The molecule has 0 aromatic heterocycles. The quantitative estimate of drug-likeness (QED) is 0.448. The molecule has 0 aliphatic carbocycles. The maximum Gasteiger partial charge on any atom is 0.132 e. The van der Waals surface area contributed by atoms with E-state index in [0.717, 1.165) is 43.2 Å². The lowest BCUT2D eigenvalue weighted by Crippen LogP contribution is -1.92. The Morgan fingerprint density at radius 2 is 1.54 bits per heavy atom. The van der Waals surface area contributed by atoms with E-state index in [1.165, 1.54) is 11.8 Å². The van der Waals surface area contributed by atoms with Crippen LogP contribution in [0.25, 0.3) is 0 Å². The lowest BCUT2D eigenvalue weighted by atomic mass is 10.1. The van der Waals surface area contributed by atoms with Gasteiger partial charge in [0, 0.05) is 5.56 Å². The first kappa shape index (κ1) is 18.1. The zero-order valence-electron chi connectivity index (χ0n) is 14.5. The summed E-state index contributed by atoms with van der Waals surface area (Å²) in [4.78, 5) is 0. The average Bonchev–Trinajstić information content (AvgIpc) is 2.60. The fourth-order valence-electron chi connectivity index (χ4n) is 2.47. The predicted molar refractivity (Wildman–Crippen MR) is 101 cm³/mol. The van der Waals surface area contributed by atoms with E-state index in [-0.39, 0.29) is 5.82 Å². The van der Waals surface area contributed by atoms with Gasteiger partial charge >= 0.3 is 0 Å². The monoisotopic (exact) mass is 324 g/mol. The average molecular weight is 324 g/mol. The molecular formula is C21H25FN2. The fourth-order valence-corrected chi connectivity index (χ4v) is 2.47. The first-order chi connectivity index (χ1) is 11.7. The predicted octanol–water partition coefficient (Wildman–Crippen LogP) is 5.57. The molecule has 0 fully saturated rings. The van der Waals surface area contributed by atoms with Crippen LogP contribution in [0.4, 0.5) is 4.39 Å². The molecule has 2 rings (SSSR count).